The van der Waals surface area contributed by atoms with Crippen LogP contribution in [0.25, 0.3) is 0 Å². The van der Waals surface area contributed by atoms with Gasteiger partial charge in [0, 0.05) is 6.42 Å². The molecule has 1 amide bonds. The molecule has 1 heterocycles. The first-order valence-corrected chi connectivity index (χ1v) is 6.04. The number of hydrogen-bond donors (Lipinski definition) is 3. The first-order valence-electron chi connectivity index (χ1n) is 5.05. The quantitative estimate of drug-likeness (QED) is 0.292. The van der Waals surface area contributed by atoms with Crippen molar-refractivity contribution >= 4 is 29.4 Å². The summed E-state index contributed by atoms with van der Waals surface area (Å²) in [4.78, 5) is 18.6. The van der Waals surface area contributed by atoms with Crippen LogP contribution in [0.15, 0.2) is 28.2 Å². The van der Waals surface area contributed by atoms with Crippen LogP contribution in [-0.4, -0.2) is 22.6 Å². The third-order valence-corrected chi connectivity index (χ3v) is 2.79. The fraction of sp³-hybridized carbons (Fsp3) is 0.300. The maximum atomic E-state index is 10.5. The first kappa shape index (κ1) is 13.3. The molecule has 17 heavy (non-hydrogen) atoms. The van der Waals surface area contributed by atoms with Gasteiger partial charge >= 0.3 is 0 Å². The number of rotatable bonds is 6. The number of aliphatic imine (C=N–C) groups is 1. The molecule has 6 nitrogen and oxygen atoms in total. The van der Waals surface area contributed by atoms with Gasteiger partial charge in [0.2, 0.25) is 5.91 Å². The molecule has 0 radical (unpaired) electrons. The van der Waals surface area contributed by atoms with E-state index in [9.17, 15) is 4.79 Å². The Balaban J connectivity index is 2.49. The van der Waals surface area contributed by atoms with Gasteiger partial charge in [-0.2, -0.15) is 4.99 Å². The van der Waals surface area contributed by atoms with Crippen LogP contribution in [0.1, 0.15) is 12.8 Å². The third kappa shape index (κ3) is 5.76. The van der Waals surface area contributed by atoms with Crippen molar-refractivity contribution < 1.29 is 4.79 Å². The largest absolute Gasteiger partial charge is 0.370 e. The maximum Gasteiger partial charge on any atom is 0.217 e. The lowest BCUT2D eigenvalue weighted by molar-refractivity contribution is -0.118. The molecule has 0 unspecified atom stereocenters. The lowest BCUT2D eigenvalue weighted by Crippen LogP contribution is -2.22. The monoisotopic (exact) mass is 253 g/mol. The predicted molar refractivity (Wildman–Crippen MR) is 68.9 cm³/mol. The normalized spacial score (nSPS) is 9.88. The molecular formula is C10H15N5OS. The zero-order valence-electron chi connectivity index (χ0n) is 9.30. The number of guanidine groups is 1. The maximum absolute atomic E-state index is 10.5. The van der Waals surface area contributed by atoms with Crippen molar-refractivity contribution in [3.8, 4) is 0 Å². The average Bonchev–Trinajstić information content (AvgIpc) is 2.24. The van der Waals surface area contributed by atoms with Gasteiger partial charge in [-0.3, -0.25) is 4.79 Å². The molecule has 6 N–H and O–H groups in total. The summed E-state index contributed by atoms with van der Waals surface area (Å²) in [5, 5.41) is 0.817. The Kier molecular flexibility index (Phi) is 5.28. The van der Waals surface area contributed by atoms with Gasteiger partial charge in [0.1, 0.15) is 0 Å². The number of thioether (sulfide) groups is 1. The highest BCUT2D eigenvalue weighted by Crippen LogP contribution is 2.19. The molecule has 0 aromatic carbocycles. The van der Waals surface area contributed by atoms with E-state index in [1.165, 1.54) is 11.8 Å². The Labute approximate surface area is 104 Å². The van der Waals surface area contributed by atoms with Crippen molar-refractivity contribution in [3.05, 3.63) is 18.2 Å². The predicted octanol–water partition coefficient (Wildman–Crippen LogP) is 0.344. The Morgan fingerprint density at radius 3 is 2.76 bits per heavy atom. The molecule has 7 heteroatoms. The molecule has 0 spiro atoms. The van der Waals surface area contributed by atoms with E-state index in [4.69, 9.17) is 17.2 Å². The fourth-order valence-electron chi connectivity index (χ4n) is 1.10. The van der Waals surface area contributed by atoms with Crippen LogP contribution in [0.5, 0.6) is 0 Å². The van der Waals surface area contributed by atoms with Gasteiger partial charge in [-0.25, -0.2) is 4.98 Å². The number of primary amides is 1. The van der Waals surface area contributed by atoms with Crippen LogP contribution in [0.2, 0.25) is 0 Å². The summed E-state index contributed by atoms with van der Waals surface area (Å²) in [5.74, 6) is 0.951. The van der Waals surface area contributed by atoms with Gasteiger partial charge in [-0.1, -0.05) is 6.07 Å². The SMILES string of the molecule is NC(=O)CCCSc1cccc(N=C(N)N)n1. The smallest absolute Gasteiger partial charge is 0.217 e. The number of carbonyl (C=O) groups is 1. The van der Waals surface area contributed by atoms with Crippen LogP contribution in [-0.2, 0) is 4.79 Å². The molecule has 92 valence electrons. The standard InChI is InChI=1S/C10H15N5OS/c11-7(16)3-2-6-17-9-5-1-4-8(14-9)15-10(12)13/h1,4-5H,2-3,6H2,(H2,11,16)(H4,12,13,14,15). The van der Waals surface area contributed by atoms with Crippen molar-refractivity contribution in [2.24, 2.45) is 22.2 Å². The third-order valence-electron chi connectivity index (χ3n) is 1.77. The minimum atomic E-state index is -0.284. The number of pyridine rings is 1. The summed E-state index contributed by atoms with van der Waals surface area (Å²) in [6.45, 7) is 0. The summed E-state index contributed by atoms with van der Waals surface area (Å²) in [6, 6.07) is 5.40. The zero-order chi connectivity index (χ0) is 12.7. The Bertz CT molecular complexity index is 417. The van der Waals surface area contributed by atoms with E-state index in [-0.39, 0.29) is 11.9 Å². The minimum Gasteiger partial charge on any atom is -0.370 e. The Morgan fingerprint density at radius 1 is 1.35 bits per heavy atom. The second-order valence-electron chi connectivity index (χ2n) is 3.29. The topological polar surface area (TPSA) is 120 Å². The van der Waals surface area contributed by atoms with E-state index in [1.807, 2.05) is 12.1 Å². The number of nitrogens with two attached hydrogens (primary N) is 3. The average molecular weight is 253 g/mol. The zero-order valence-corrected chi connectivity index (χ0v) is 10.1. The van der Waals surface area contributed by atoms with Crippen LogP contribution in [0.4, 0.5) is 5.82 Å². The van der Waals surface area contributed by atoms with Crippen molar-refractivity contribution in [1.29, 1.82) is 0 Å². The molecule has 0 saturated heterocycles. The highest BCUT2D eigenvalue weighted by atomic mass is 32.2. The minimum absolute atomic E-state index is 0.0200. The van der Waals surface area contributed by atoms with E-state index >= 15 is 0 Å². The van der Waals surface area contributed by atoms with Crippen molar-refractivity contribution in [2.75, 3.05) is 5.75 Å². The van der Waals surface area contributed by atoms with Gasteiger partial charge in [0.05, 0.1) is 5.03 Å². The number of aromatic nitrogens is 1. The van der Waals surface area contributed by atoms with E-state index in [2.05, 4.69) is 9.98 Å². The highest BCUT2D eigenvalue weighted by molar-refractivity contribution is 7.99. The molecule has 0 aliphatic carbocycles. The highest BCUT2D eigenvalue weighted by Gasteiger charge is 1.99. The van der Waals surface area contributed by atoms with Gasteiger partial charge in [-0.15, -0.1) is 11.8 Å². The van der Waals surface area contributed by atoms with Crippen molar-refractivity contribution in [2.45, 2.75) is 17.9 Å². The molecule has 1 rings (SSSR count). The molecule has 0 atom stereocenters. The Hall–Kier alpha value is -1.76. The summed E-state index contributed by atoms with van der Waals surface area (Å²) in [5.41, 5.74) is 15.6. The van der Waals surface area contributed by atoms with Gasteiger partial charge < -0.3 is 17.2 Å². The van der Waals surface area contributed by atoms with E-state index in [0.717, 1.165) is 17.2 Å². The molecule has 0 aliphatic rings. The molecule has 0 fully saturated rings. The van der Waals surface area contributed by atoms with Crippen LogP contribution >= 0.6 is 11.8 Å². The number of carbonyl (C=O) groups excluding carboxylic acids is 1. The molecular weight excluding hydrogens is 238 g/mol. The summed E-state index contributed by atoms with van der Waals surface area (Å²) in [7, 11) is 0. The van der Waals surface area contributed by atoms with Gasteiger partial charge in [0.25, 0.3) is 0 Å². The number of nitrogens with zero attached hydrogens (tertiary/aromatic N) is 2. The van der Waals surface area contributed by atoms with Gasteiger partial charge in [0.15, 0.2) is 11.8 Å². The van der Waals surface area contributed by atoms with Gasteiger partial charge in [-0.05, 0) is 24.3 Å². The molecule has 0 bridgehead atoms. The van der Waals surface area contributed by atoms with Crippen LogP contribution < -0.4 is 17.2 Å². The second-order valence-corrected chi connectivity index (χ2v) is 4.40. The van der Waals surface area contributed by atoms with E-state index in [0.29, 0.717) is 12.2 Å². The lowest BCUT2D eigenvalue weighted by Gasteiger charge is -2.01. The summed E-state index contributed by atoms with van der Waals surface area (Å²) >= 11 is 1.53. The Morgan fingerprint density at radius 2 is 2.12 bits per heavy atom. The van der Waals surface area contributed by atoms with Crippen LogP contribution in [0, 0.1) is 0 Å². The number of amides is 1. The fourth-order valence-corrected chi connectivity index (χ4v) is 1.93. The lowest BCUT2D eigenvalue weighted by atomic mass is 10.3. The summed E-state index contributed by atoms with van der Waals surface area (Å²) in [6.07, 6.45) is 1.12. The van der Waals surface area contributed by atoms with Crippen LogP contribution in [0.3, 0.4) is 0 Å². The molecule has 1 aromatic rings. The molecule has 1 aromatic heterocycles. The van der Waals surface area contributed by atoms with E-state index < -0.39 is 0 Å². The molecule has 0 saturated carbocycles. The summed E-state index contributed by atoms with van der Waals surface area (Å²) < 4.78 is 0. The van der Waals surface area contributed by atoms with Crippen molar-refractivity contribution in [1.82, 2.24) is 4.98 Å². The first-order chi connectivity index (χ1) is 8.08. The van der Waals surface area contributed by atoms with Crippen molar-refractivity contribution in [3.63, 3.8) is 0 Å². The molecule has 0 aliphatic heterocycles. The second kappa shape index (κ2) is 6.74. The number of hydrogen-bond acceptors (Lipinski definition) is 4. The van der Waals surface area contributed by atoms with E-state index in [1.54, 1.807) is 6.07 Å².